The minimum absolute atomic E-state index is 0.223. The quantitative estimate of drug-likeness (QED) is 0.756. The van der Waals surface area contributed by atoms with Crippen LogP contribution in [0, 0.1) is 0 Å². The van der Waals surface area contributed by atoms with E-state index in [0.29, 0.717) is 0 Å². The summed E-state index contributed by atoms with van der Waals surface area (Å²) < 4.78 is 0.725. The van der Waals surface area contributed by atoms with Crippen molar-refractivity contribution in [2.75, 3.05) is 0 Å². The number of thiocarbonyl (C=S) groups is 1. The number of thioether (sulfide) groups is 1. The highest BCUT2D eigenvalue weighted by Crippen LogP contribution is 2.39. The Labute approximate surface area is 116 Å². The normalized spacial score (nSPS) is 18.8. The van der Waals surface area contributed by atoms with Gasteiger partial charge in [-0.1, -0.05) is 84.6 Å². The van der Waals surface area contributed by atoms with Crippen LogP contribution in [-0.4, -0.2) is 10.0 Å². The zero-order valence-corrected chi connectivity index (χ0v) is 11.2. The van der Waals surface area contributed by atoms with Gasteiger partial charge in [-0.3, -0.25) is 0 Å². The lowest BCUT2D eigenvalue weighted by molar-refractivity contribution is 1.30. The van der Waals surface area contributed by atoms with Crippen molar-refractivity contribution in [1.29, 1.82) is 0 Å². The molecule has 0 aliphatic carbocycles. The third-order valence-corrected chi connectivity index (χ3v) is 4.25. The van der Waals surface area contributed by atoms with Crippen LogP contribution in [0.15, 0.2) is 65.7 Å². The van der Waals surface area contributed by atoms with Crippen LogP contribution in [0.4, 0.5) is 0 Å². The Hall–Kier alpha value is -1.45. The van der Waals surface area contributed by atoms with Gasteiger partial charge in [-0.25, -0.2) is 4.99 Å². The van der Waals surface area contributed by atoms with Crippen molar-refractivity contribution in [3.63, 3.8) is 0 Å². The summed E-state index contributed by atoms with van der Waals surface area (Å²) in [7, 11) is 0. The van der Waals surface area contributed by atoms with Gasteiger partial charge < -0.3 is 0 Å². The maximum atomic E-state index is 5.25. The van der Waals surface area contributed by atoms with Crippen LogP contribution in [0.2, 0.25) is 0 Å². The summed E-state index contributed by atoms with van der Waals surface area (Å²) in [5, 5.41) is 0.223. The number of benzene rings is 2. The lowest BCUT2D eigenvalue weighted by atomic mass is 10.0. The van der Waals surface area contributed by atoms with Gasteiger partial charge in [-0.2, -0.15) is 0 Å². The Morgan fingerprint density at radius 3 is 2.17 bits per heavy atom. The molecule has 18 heavy (non-hydrogen) atoms. The van der Waals surface area contributed by atoms with E-state index in [4.69, 9.17) is 12.2 Å². The Morgan fingerprint density at radius 1 is 0.889 bits per heavy atom. The molecule has 0 saturated carbocycles. The van der Waals surface area contributed by atoms with E-state index in [1.807, 2.05) is 24.3 Å². The third kappa shape index (κ3) is 2.24. The van der Waals surface area contributed by atoms with Gasteiger partial charge in [0.05, 0.1) is 11.0 Å². The fraction of sp³-hybridized carbons (Fsp3) is 0.0667. The van der Waals surface area contributed by atoms with Gasteiger partial charge in [0.15, 0.2) is 4.32 Å². The van der Waals surface area contributed by atoms with E-state index in [9.17, 15) is 0 Å². The smallest absolute Gasteiger partial charge is 0.161 e. The van der Waals surface area contributed by atoms with Gasteiger partial charge >= 0.3 is 0 Å². The van der Waals surface area contributed by atoms with Crippen molar-refractivity contribution >= 4 is 34.0 Å². The SMILES string of the molecule is S=C1N=C(c2ccccc2)C(c2ccccc2)S1. The Balaban J connectivity index is 2.02. The minimum Gasteiger partial charge on any atom is -0.233 e. The highest BCUT2D eigenvalue weighted by Gasteiger charge is 2.27. The zero-order chi connectivity index (χ0) is 12.4. The molecule has 1 atom stereocenters. The average molecular weight is 269 g/mol. The highest BCUT2D eigenvalue weighted by molar-refractivity contribution is 8.24. The van der Waals surface area contributed by atoms with Crippen LogP contribution < -0.4 is 0 Å². The molecule has 0 fully saturated rings. The molecule has 0 N–H and O–H groups in total. The summed E-state index contributed by atoms with van der Waals surface area (Å²) in [5.74, 6) is 0. The summed E-state index contributed by atoms with van der Waals surface area (Å²) in [6.07, 6.45) is 0. The Morgan fingerprint density at radius 2 is 1.50 bits per heavy atom. The van der Waals surface area contributed by atoms with Crippen molar-refractivity contribution in [1.82, 2.24) is 0 Å². The lowest BCUT2D eigenvalue weighted by Crippen LogP contribution is -2.06. The number of aliphatic imine (C=N–C) groups is 1. The number of hydrogen-bond acceptors (Lipinski definition) is 2. The molecule has 2 aromatic carbocycles. The van der Waals surface area contributed by atoms with E-state index in [1.165, 1.54) is 5.56 Å². The maximum absolute atomic E-state index is 5.25. The van der Waals surface area contributed by atoms with Crippen molar-refractivity contribution in [2.45, 2.75) is 5.25 Å². The predicted molar refractivity (Wildman–Crippen MR) is 82.4 cm³/mol. The Bertz CT molecular complexity index is 590. The van der Waals surface area contributed by atoms with Gasteiger partial charge in [0.25, 0.3) is 0 Å². The molecular weight excluding hydrogens is 258 g/mol. The van der Waals surface area contributed by atoms with Gasteiger partial charge in [0.2, 0.25) is 0 Å². The second-order valence-electron chi connectivity index (χ2n) is 4.04. The largest absolute Gasteiger partial charge is 0.233 e. The first-order valence-electron chi connectivity index (χ1n) is 5.74. The molecule has 0 bridgehead atoms. The first kappa shape index (κ1) is 11.6. The zero-order valence-electron chi connectivity index (χ0n) is 9.61. The summed E-state index contributed by atoms with van der Waals surface area (Å²) in [6.45, 7) is 0. The Kier molecular flexibility index (Phi) is 3.26. The van der Waals surface area contributed by atoms with Crippen molar-refractivity contribution in [2.24, 2.45) is 4.99 Å². The van der Waals surface area contributed by atoms with E-state index in [2.05, 4.69) is 41.4 Å². The molecule has 0 radical (unpaired) electrons. The molecule has 1 heterocycles. The summed E-state index contributed by atoms with van der Waals surface area (Å²) in [5.41, 5.74) is 3.47. The second kappa shape index (κ2) is 5.04. The molecule has 3 heteroatoms. The first-order valence-corrected chi connectivity index (χ1v) is 7.03. The molecule has 88 valence electrons. The number of nitrogens with zero attached hydrogens (tertiary/aromatic N) is 1. The minimum atomic E-state index is 0.223. The summed E-state index contributed by atoms with van der Waals surface area (Å²) >= 11 is 6.90. The third-order valence-electron chi connectivity index (χ3n) is 2.85. The average Bonchev–Trinajstić information content (AvgIpc) is 2.83. The fourth-order valence-electron chi connectivity index (χ4n) is 2.02. The molecule has 3 rings (SSSR count). The van der Waals surface area contributed by atoms with Crippen LogP contribution in [0.3, 0.4) is 0 Å². The molecule has 0 spiro atoms. The molecule has 0 aromatic heterocycles. The number of hydrogen-bond donors (Lipinski definition) is 0. The molecule has 2 aromatic rings. The first-order chi connectivity index (χ1) is 8.84. The van der Waals surface area contributed by atoms with Crippen LogP contribution in [-0.2, 0) is 0 Å². The van der Waals surface area contributed by atoms with E-state index >= 15 is 0 Å². The molecule has 0 saturated heterocycles. The van der Waals surface area contributed by atoms with Crippen LogP contribution in [0.1, 0.15) is 16.4 Å². The van der Waals surface area contributed by atoms with Crippen molar-refractivity contribution < 1.29 is 0 Å². The molecule has 0 amide bonds. The topological polar surface area (TPSA) is 12.4 Å². The standard InChI is InChI=1S/C15H11NS2/c17-15-16-13(11-7-3-1-4-8-11)14(18-15)12-9-5-2-6-10-12/h1-10,14H. The van der Waals surface area contributed by atoms with E-state index in [1.54, 1.807) is 11.8 Å². The van der Waals surface area contributed by atoms with E-state index in [-0.39, 0.29) is 5.25 Å². The molecule has 1 aliphatic rings. The monoisotopic (exact) mass is 269 g/mol. The molecule has 1 aliphatic heterocycles. The number of rotatable bonds is 2. The van der Waals surface area contributed by atoms with E-state index < -0.39 is 0 Å². The van der Waals surface area contributed by atoms with E-state index in [0.717, 1.165) is 15.6 Å². The van der Waals surface area contributed by atoms with Gasteiger partial charge in [0, 0.05) is 0 Å². The van der Waals surface area contributed by atoms with Crippen molar-refractivity contribution in [3.8, 4) is 0 Å². The maximum Gasteiger partial charge on any atom is 0.161 e. The van der Waals surface area contributed by atoms with Gasteiger partial charge in [-0.15, -0.1) is 0 Å². The highest BCUT2D eigenvalue weighted by atomic mass is 32.2. The second-order valence-corrected chi connectivity index (χ2v) is 5.78. The van der Waals surface area contributed by atoms with Gasteiger partial charge in [-0.05, 0) is 11.1 Å². The van der Waals surface area contributed by atoms with Gasteiger partial charge in [0.1, 0.15) is 0 Å². The molecular formula is C15H11NS2. The predicted octanol–water partition coefficient (Wildman–Crippen LogP) is 4.25. The van der Waals surface area contributed by atoms with Crippen LogP contribution in [0.25, 0.3) is 0 Å². The fourth-order valence-corrected chi connectivity index (χ4v) is 3.35. The summed E-state index contributed by atoms with van der Waals surface area (Å²) in [6, 6.07) is 20.7. The lowest BCUT2D eigenvalue weighted by Gasteiger charge is -2.12. The molecule has 1 nitrogen and oxygen atoms in total. The van der Waals surface area contributed by atoms with Crippen LogP contribution in [0.5, 0.6) is 0 Å². The van der Waals surface area contributed by atoms with Crippen LogP contribution >= 0.6 is 24.0 Å². The summed E-state index contributed by atoms with van der Waals surface area (Å²) in [4.78, 5) is 4.53. The molecule has 1 unspecified atom stereocenters. The van der Waals surface area contributed by atoms with Crippen molar-refractivity contribution in [3.05, 3.63) is 71.8 Å².